The Hall–Kier alpha value is -3.37. The molecule has 11 heteroatoms. The standard InChI is InChI=1S/C23H15ClF3NO5S/c1-11(12-2-4-14(5-3-12)23(25,26)27)33-15-6-7-16(24)17(9-15)28-18(29)8-13-10-34-20(22(31)32)19(13)21(28)30/h2-7,9-11H,8H2,1H3,(H,31,32). The van der Waals surface area contributed by atoms with E-state index in [9.17, 15) is 32.7 Å². The van der Waals surface area contributed by atoms with E-state index in [-0.39, 0.29) is 33.3 Å². The van der Waals surface area contributed by atoms with Crippen LogP contribution in [0.4, 0.5) is 18.9 Å². The van der Waals surface area contributed by atoms with Gasteiger partial charge in [-0.15, -0.1) is 11.3 Å². The van der Waals surface area contributed by atoms with Gasteiger partial charge in [0, 0.05) is 6.07 Å². The number of halogens is 4. The molecule has 0 saturated heterocycles. The van der Waals surface area contributed by atoms with Crippen LogP contribution in [0.5, 0.6) is 5.75 Å². The highest BCUT2D eigenvalue weighted by molar-refractivity contribution is 7.12. The van der Waals surface area contributed by atoms with Crippen molar-refractivity contribution < 1.29 is 37.4 Å². The molecule has 1 N–H and O–H groups in total. The van der Waals surface area contributed by atoms with Gasteiger partial charge in [0.05, 0.1) is 28.3 Å². The number of hydrogen-bond acceptors (Lipinski definition) is 5. The third-order valence-electron chi connectivity index (χ3n) is 5.25. The maximum absolute atomic E-state index is 13.1. The van der Waals surface area contributed by atoms with Gasteiger partial charge in [0.1, 0.15) is 16.7 Å². The van der Waals surface area contributed by atoms with Crippen molar-refractivity contribution >= 4 is 46.4 Å². The molecule has 0 saturated carbocycles. The fourth-order valence-electron chi connectivity index (χ4n) is 3.58. The highest BCUT2D eigenvalue weighted by atomic mass is 35.5. The number of anilines is 1. The van der Waals surface area contributed by atoms with Crippen molar-refractivity contribution in [1.82, 2.24) is 0 Å². The molecule has 0 aliphatic carbocycles. The Kier molecular flexibility index (Phi) is 6.13. The molecule has 1 atom stereocenters. The van der Waals surface area contributed by atoms with Crippen LogP contribution in [0.1, 0.15) is 49.7 Å². The van der Waals surface area contributed by atoms with E-state index >= 15 is 0 Å². The molecule has 1 unspecified atom stereocenters. The number of imide groups is 1. The molecule has 6 nitrogen and oxygen atoms in total. The Balaban J connectivity index is 1.62. The third-order valence-corrected chi connectivity index (χ3v) is 6.58. The molecule has 2 heterocycles. The first-order valence-electron chi connectivity index (χ1n) is 9.81. The Morgan fingerprint density at radius 1 is 1.18 bits per heavy atom. The zero-order valence-corrected chi connectivity index (χ0v) is 18.9. The second-order valence-electron chi connectivity index (χ2n) is 7.47. The van der Waals surface area contributed by atoms with Gasteiger partial charge in [-0.1, -0.05) is 23.7 Å². The van der Waals surface area contributed by atoms with Crippen LogP contribution < -0.4 is 9.64 Å². The fraction of sp³-hybridized carbons (Fsp3) is 0.174. The van der Waals surface area contributed by atoms with E-state index in [1.165, 1.54) is 35.7 Å². The normalized spacial score (nSPS) is 14.7. The van der Waals surface area contributed by atoms with Crippen LogP contribution in [-0.4, -0.2) is 22.9 Å². The van der Waals surface area contributed by atoms with Gasteiger partial charge in [-0.25, -0.2) is 9.69 Å². The van der Waals surface area contributed by atoms with E-state index in [0.29, 0.717) is 11.1 Å². The summed E-state index contributed by atoms with van der Waals surface area (Å²) in [5, 5.41) is 10.9. The summed E-state index contributed by atoms with van der Waals surface area (Å²) in [5.74, 6) is -2.45. The predicted molar refractivity (Wildman–Crippen MR) is 119 cm³/mol. The lowest BCUT2D eigenvalue weighted by Crippen LogP contribution is -2.42. The summed E-state index contributed by atoms with van der Waals surface area (Å²) in [6.07, 6.45) is -5.29. The van der Waals surface area contributed by atoms with Crippen LogP contribution >= 0.6 is 22.9 Å². The molecular formula is C23H15ClF3NO5S. The van der Waals surface area contributed by atoms with E-state index in [4.69, 9.17) is 16.3 Å². The van der Waals surface area contributed by atoms with Crippen molar-refractivity contribution in [1.29, 1.82) is 0 Å². The van der Waals surface area contributed by atoms with Crippen LogP contribution in [-0.2, 0) is 17.4 Å². The minimum Gasteiger partial charge on any atom is -0.486 e. The average molecular weight is 510 g/mol. The smallest absolute Gasteiger partial charge is 0.416 e. The van der Waals surface area contributed by atoms with E-state index in [1.807, 2.05) is 0 Å². The Bertz CT molecular complexity index is 1300. The molecule has 1 aliphatic heterocycles. The highest BCUT2D eigenvalue weighted by Gasteiger charge is 2.38. The SMILES string of the molecule is CC(Oc1ccc(Cl)c(N2C(=O)Cc3csc(C(=O)O)c3C2=O)c1)c1ccc(C(F)(F)F)cc1. The van der Waals surface area contributed by atoms with Crippen molar-refractivity contribution in [3.63, 3.8) is 0 Å². The van der Waals surface area contributed by atoms with E-state index in [1.54, 1.807) is 6.92 Å². The number of rotatable bonds is 5. The molecule has 0 fully saturated rings. The molecule has 4 rings (SSSR count). The number of hydrogen-bond donors (Lipinski definition) is 1. The average Bonchev–Trinajstić information content (AvgIpc) is 3.19. The monoisotopic (exact) mass is 509 g/mol. The highest BCUT2D eigenvalue weighted by Crippen LogP contribution is 2.38. The number of alkyl halides is 3. The van der Waals surface area contributed by atoms with Crippen LogP contribution in [0.15, 0.2) is 47.8 Å². The number of carboxylic acids is 1. The number of amides is 2. The van der Waals surface area contributed by atoms with Crippen LogP contribution in [0.2, 0.25) is 5.02 Å². The molecule has 0 spiro atoms. The van der Waals surface area contributed by atoms with Gasteiger partial charge in [-0.05, 0) is 47.7 Å². The molecule has 1 aliphatic rings. The predicted octanol–water partition coefficient (Wildman–Crippen LogP) is 5.99. The van der Waals surface area contributed by atoms with Crippen LogP contribution in [0, 0.1) is 0 Å². The van der Waals surface area contributed by atoms with Crippen molar-refractivity contribution in [2.75, 3.05) is 4.90 Å². The van der Waals surface area contributed by atoms with E-state index in [0.717, 1.165) is 28.4 Å². The maximum Gasteiger partial charge on any atom is 0.416 e. The molecular weight excluding hydrogens is 495 g/mol. The molecule has 0 radical (unpaired) electrons. The molecule has 0 bridgehead atoms. The number of nitrogens with zero attached hydrogens (tertiary/aromatic N) is 1. The third kappa shape index (κ3) is 4.38. The molecule has 176 valence electrons. The number of benzene rings is 2. The molecule has 2 amide bonds. The second kappa shape index (κ2) is 8.77. The summed E-state index contributed by atoms with van der Waals surface area (Å²) in [6.45, 7) is 1.63. The molecule has 34 heavy (non-hydrogen) atoms. The van der Waals surface area contributed by atoms with Crippen molar-refractivity contribution in [2.45, 2.75) is 25.6 Å². The number of thiophene rings is 1. The zero-order chi connectivity index (χ0) is 24.8. The lowest BCUT2D eigenvalue weighted by Gasteiger charge is -2.27. The Labute approximate surface area is 200 Å². The number of aromatic carboxylic acids is 1. The molecule has 2 aromatic carbocycles. The van der Waals surface area contributed by atoms with E-state index < -0.39 is 35.6 Å². The summed E-state index contributed by atoms with van der Waals surface area (Å²) < 4.78 is 44.2. The number of fused-ring (bicyclic) bond motifs is 1. The number of carbonyl (C=O) groups excluding carboxylic acids is 2. The van der Waals surface area contributed by atoms with Gasteiger partial charge in [0.15, 0.2) is 0 Å². The van der Waals surface area contributed by atoms with Crippen molar-refractivity contribution in [3.05, 3.63) is 80.0 Å². The lowest BCUT2D eigenvalue weighted by molar-refractivity contribution is -0.137. The Morgan fingerprint density at radius 2 is 1.85 bits per heavy atom. The van der Waals surface area contributed by atoms with Crippen molar-refractivity contribution in [2.24, 2.45) is 0 Å². The second-order valence-corrected chi connectivity index (χ2v) is 8.76. The topological polar surface area (TPSA) is 83.9 Å². The lowest BCUT2D eigenvalue weighted by atomic mass is 10.0. The van der Waals surface area contributed by atoms with Crippen LogP contribution in [0.3, 0.4) is 0 Å². The summed E-state index contributed by atoms with van der Waals surface area (Å²) in [7, 11) is 0. The molecule has 3 aromatic rings. The van der Waals surface area contributed by atoms with Gasteiger partial charge in [0.2, 0.25) is 5.91 Å². The first-order chi connectivity index (χ1) is 16.0. The fourth-order valence-corrected chi connectivity index (χ4v) is 4.68. The summed E-state index contributed by atoms with van der Waals surface area (Å²) in [6, 6.07) is 8.76. The van der Waals surface area contributed by atoms with Gasteiger partial charge < -0.3 is 9.84 Å². The van der Waals surface area contributed by atoms with Crippen LogP contribution in [0.25, 0.3) is 0 Å². The summed E-state index contributed by atoms with van der Waals surface area (Å²) in [5.41, 5.74) is -0.00999. The first-order valence-corrected chi connectivity index (χ1v) is 11.1. The molecule has 1 aromatic heterocycles. The summed E-state index contributed by atoms with van der Waals surface area (Å²) in [4.78, 5) is 38.0. The minimum absolute atomic E-state index is 0.0157. The largest absolute Gasteiger partial charge is 0.486 e. The minimum atomic E-state index is -4.45. The zero-order valence-electron chi connectivity index (χ0n) is 17.4. The summed E-state index contributed by atoms with van der Waals surface area (Å²) >= 11 is 7.12. The number of carboxylic acid groups (broad SMARTS) is 1. The maximum atomic E-state index is 13.1. The van der Waals surface area contributed by atoms with Gasteiger partial charge in [0.25, 0.3) is 5.91 Å². The van der Waals surface area contributed by atoms with Gasteiger partial charge >= 0.3 is 12.1 Å². The quantitative estimate of drug-likeness (QED) is 0.427. The number of carbonyl (C=O) groups is 3. The van der Waals surface area contributed by atoms with Gasteiger partial charge in [-0.3, -0.25) is 9.59 Å². The van der Waals surface area contributed by atoms with Crippen molar-refractivity contribution in [3.8, 4) is 5.75 Å². The number of ether oxygens (including phenoxy) is 1. The Morgan fingerprint density at radius 3 is 2.47 bits per heavy atom. The van der Waals surface area contributed by atoms with E-state index in [2.05, 4.69) is 0 Å². The first kappa shape index (κ1) is 23.8. The van der Waals surface area contributed by atoms with Gasteiger partial charge in [-0.2, -0.15) is 13.2 Å².